The number of anilines is 1. The molecule has 0 spiro atoms. The van der Waals surface area contributed by atoms with Crippen molar-refractivity contribution in [1.82, 2.24) is 24.3 Å². The number of aliphatic hydroxyl groups excluding tert-OH is 1. The fourth-order valence-electron chi connectivity index (χ4n) is 7.38. The van der Waals surface area contributed by atoms with Crippen LogP contribution in [0, 0.1) is 6.92 Å². The van der Waals surface area contributed by atoms with E-state index in [4.69, 9.17) is 11.6 Å². The molecule has 0 bridgehead atoms. The number of sulfonamides is 1. The number of rotatable bonds is 14. The minimum atomic E-state index is -4.28. The molecule has 1 atom stereocenters. The molecular weight excluding hydrogens is 740 g/mol. The molecule has 55 heavy (non-hydrogen) atoms. The van der Waals surface area contributed by atoms with E-state index in [0.717, 1.165) is 61.2 Å². The van der Waals surface area contributed by atoms with E-state index in [1.807, 2.05) is 31.2 Å². The first-order valence-corrected chi connectivity index (χ1v) is 20.9. The monoisotopic (exact) mass is 788 g/mol. The van der Waals surface area contributed by atoms with Crippen LogP contribution in [0.25, 0.3) is 5.69 Å². The van der Waals surface area contributed by atoms with Crippen molar-refractivity contribution in [1.29, 1.82) is 0 Å². The molecule has 3 heterocycles. The molecule has 6 rings (SSSR count). The van der Waals surface area contributed by atoms with Gasteiger partial charge in [0.25, 0.3) is 27.7 Å². The van der Waals surface area contributed by atoms with Gasteiger partial charge in [0, 0.05) is 44.0 Å². The van der Waals surface area contributed by atoms with Crippen LogP contribution in [0.1, 0.15) is 100 Å². The number of carbonyl (C=O) groups is 3. The zero-order chi connectivity index (χ0) is 39.4. The summed E-state index contributed by atoms with van der Waals surface area (Å²) in [4.78, 5) is 47.8. The minimum absolute atomic E-state index is 0.0233. The Balaban J connectivity index is 1.39. The lowest BCUT2D eigenvalue weighted by atomic mass is 9.93. The van der Waals surface area contributed by atoms with Crippen molar-refractivity contribution >= 4 is 45.0 Å². The Labute approximate surface area is 328 Å². The van der Waals surface area contributed by atoms with Crippen LogP contribution in [0.3, 0.4) is 0 Å². The molecule has 0 fully saturated rings. The summed E-state index contributed by atoms with van der Waals surface area (Å²) in [7, 11) is -4.28. The molecule has 1 aromatic heterocycles. The summed E-state index contributed by atoms with van der Waals surface area (Å²) in [6, 6.07) is 16.2. The van der Waals surface area contributed by atoms with Crippen molar-refractivity contribution in [3.05, 3.63) is 105 Å². The Morgan fingerprint density at radius 2 is 1.64 bits per heavy atom. The molecule has 1 unspecified atom stereocenters. The van der Waals surface area contributed by atoms with Gasteiger partial charge in [-0.15, -0.1) is 0 Å². The molecule has 4 aromatic rings. The fourth-order valence-corrected chi connectivity index (χ4v) is 8.60. The molecule has 14 heteroatoms. The Morgan fingerprint density at radius 1 is 0.945 bits per heavy atom. The number of aliphatic hydroxyl groups is 1. The standard InChI is InChI=1S/C41H49ClN6O6S/c1-5-8-19-46(20-9-6-2)41(52)38-37(42)27(4)48(43-38)36-16-14-30(24-34(36)40(51)47-25-31-13-11-10-12-28(31)22-32(47)26-49)39(50)44-55(53,54)33-15-17-35-29(23-33)18-21-45(35)7-3/h10-17,23-24,32,49H,5-9,18-22,25-26H2,1-4H3,(H,44,50). The van der Waals surface area contributed by atoms with E-state index in [0.29, 0.717) is 31.6 Å². The number of nitrogens with zero attached hydrogens (tertiary/aromatic N) is 5. The van der Waals surface area contributed by atoms with Gasteiger partial charge in [0.2, 0.25) is 0 Å². The van der Waals surface area contributed by atoms with Crippen molar-refractivity contribution < 1.29 is 27.9 Å². The van der Waals surface area contributed by atoms with Crippen molar-refractivity contribution in [3.63, 3.8) is 0 Å². The van der Waals surface area contributed by atoms with Crippen molar-refractivity contribution in [2.75, 3.05) is 37.7 Å². The Bertz CT molecular complexity index is 2200. The number of hydrogen-bond acceptors (Lipinski definition) is 8. The van der Waals surface area contributed by atoms with Crippen molar-refractivity contribution in [2.45, 2.75) is 83.7 Å². The minimum Gasteiger partial charge on any atom is -0.394 e. The predicted octanol–water partition coefficient (Wildman–Crippen LogP) is 5.94. The van der Waals surface area contributed by atoms with Crippen LogP contribution in [0.15, 0.2) is 65.6 Å². The van der Waals surface area contributed by atoms with E-state index in [1.165, 1.54) is 28.9 Å². The van der Waals surface area contributed by atoms with E-state index in [2.05, 4.69) is 28.6 Å². The summed E-state index contributed by atoms with van der Waals surface area (Å²) in [6.07, 6.45) is 4.57. The summed E-state index contributed by atoms with van der Waals surface area (Å²) >= 11 is 6.82. The third-order valence-corrected chi connectivity index (χ3v) is 12.4. The van der Waals surface area contributed by atoms with Crippen molar-refractivity contribution in [2.24, 2.45) is 0 Å². The number of unbranched alkanes of at least 4 members (excludes halogenated alkanes) is 2. The number of benzene rings is 3. The molecule has 0 aliphatic carbocycles. The number of nitrogens with one attached hydrogen (secondary N) is 1. The third-order valence-electron chi connectivity index (χ3n) is 10.6. The van der Waals surface area contributed by atoms with E-state index in [9.17, 15) is 27.9 Å². The van der Waals surface area contributed by atoms with Crippen LogP contribution < -0.4 is 9.62 Å². The first-order chi connectivity index (χ1) is 26.4. The zero-order valence-electron chi connectivity index (χ0n) is 31.8. The molecule has 0 saturated carbocycles. The number of likely N-dealkylation sites (N-methyl/N-ethyl adjacent to an activating group) is 1. The summed E-state index contributed by atoms with van der Waals surface area (Å²) in [5.74, 6) is -1.75. The highest BCUT2D eigenvalue weighted by Crippen LogP contribution is 2.32. The number of halogens is 1. The Kier molecular flexibility index (Phi) is 12.3. The maximum atomic E-state index is 14.7. The van der Waals surface area contributed by atoms with Crippen LogP contribution in [0.2, 0.25) is 5.02 Å². The lowest BCUT2D eigenvalue weighted by Crippen LogP contribution is -2.46. The number of amides is 3. The molecular formula is C41H49ClN6O6S. The van der Waals surface area contributed by atoms with Gasteiger partial charge in [-0.05, 0) is 92.6 Å². The highest BCUT2D eigenvalue weighted by Gasteiger charge is 2.34. The van der Waals surface area contributed by atoms with Crippen LogP contribution in [-0.2, 0) is 29.4 Å². The topological polar surface area (TPSA) is 145 Å². The van der Waals surface area contributed by atoms with E-state index >= 15 is 0 Å². The first kappa shape index (κ1) is 40.0. The molecule has 2 aliphatic rings. The number of hydrogen-bond donors (Lipinski definition) is 2. The number of carbonyl (C=O) groups excluding carboxylic acids is 3. The molecule has 0 saturated heterocycles. The quantitative estimate of drug-likeness (QED) is 0.160. The molecule has 12 nitrogen and oxygen atoms in total. The summed E-state index contributed by atoms with van der Waals surface area (Å²) in [5, 5.41) is 15.3. The average molecular weight is 789 g/mol. The second-order valence-corrected chi connectivity index (χ2v) is 16.2. The van der Waals surface area contributed by atoms with Gasteiger partial charge >= 0.3 is 0 Å². The van der Waals surface area contributed by atoms with Gasteiger partial charge in [-0.1, -0.05) is 62.6 Å². The van der Waals surface area contributed by atoms with Gasteiger partial charge in [-0.25, -0.2) is 17.8 Å². The van der Waals surface area contributed by atoms with Crippen LogP contribution >= 0.6 is 11.6 Å². The van der Waals surface area contributed by atoms with Gasteiger partial charge in [0.05, 0.1) is 39.5 Å². The highest BCUT2D eigenvalue weighted by atomic mass is 35.5. The molecule has 3 aromatic carbocycles. The van der Waals surface area contributed by atoms with Crippen LogP contribution in [0.5, 0.6) is 0 Å². The molecule has 3 amide bonds. The second kappa shape index (κ2) is 17.0. The third kappa shape index (κ3) is 8.15. The van der Waals surface area contributed by atoms with Gasteiger partial charge < -0.3 is 19.8 Å². The zero-order valence-corrected chi connectivity index (χ0v) is 33.4. The SMILES string of the molecule is CCCCN(CCCC)C(=O)c1nn(-c2ccc(C(=O)NS(=O)(=O)c3ccc4c(c3)CCN4CC)cc2C(=O)N2Cc3ccccc3CC2CO)c(C)c1Cl. The number of aromatic nitrogens is 2. The van der Waals surface area contributed by atoms with Gasteiger partial charge in [-0.2, -0.15) is 5.10 Å². The van der Waals surface area contributed by atoms with E-state index in [1.54, 1.807) is 28.9 Å². The number of fused-ring (bicyclic) bond motifs is 2. The Hall–Kier alpha value is -4.72. The maximum absolute atomic E-state index is 14.7. The lowest BCUT2D eigenvalue weighted by molar-refractivity contribution is 0.0544. The van der Waals surface area contributed by atoms with Gasteiger partial charge in [-0.3, -0.25) is 14.4 Å². The Morgan fingerprint density at radius 3 is 2.31 bits per heavy atom. The fraction of sp³-hybridized carbons (Fsp3) is 0.415. The van der Waals surface area contributed by atoms with Crippen LogP contribution in [-0.4, -0.2) is 89.7 Å². The van der Waals surface area contributed by atoms with E-state index < -0.39 is 27.9 Å². The average Bonchev–Trinajstić information content (AvgIpc) is 3.75. The van der Waals surface area contributed by atoms with Gasteiger partial charge in [0.15, 0.2) is 5.69 Å². The lowest BCUT2D eigenvalue weighted by Gasteiger charge is -2.36. The second-order valence-electron chi connectivity index (χ2n) is 14.2. The molecule has 0 radical (unpaired) electrons. The maximum Gasteiger partial charge on any atom is 0.275 e. The molecule has 292 valence electrons. The van der Waals surface area contributed by atoms with Gasteiger partial charge in [0.1, 0.15) is 0 Å². The summed E-state index contributed by atoms with van der Waals surface area (Å²) in [6.45, 7) is 10.4. The highest BCUT2D eigenvalue weighted by molar-refractivity contribution is 7.90. The smallest absolute Gasteiger partial charge is 0.275 e. The summed E-state index contributed by atoms with van der Waals surface area (Å²) < 4.78 is 30.7. The van der Waals surface area contributed by atoms with E-state index in [-0.39, 0.29) is 51.5 Å². The van der Waals surface area contributed by atoms with Crippen molar-refractivity contribution in [3.8, 4) is 5.69 Å². The van der Waals surface area contributed by atoms with Crippen LogP contribution in [0.4, 0.5) is 5.69 Å². The first-order valence-electron chi connectivity index (χ1n) is 19.0. The summed E-state index contributed by atoms with van der Waals surface area (Å²) in [5.41, 5.74) is 4.45. The normalized spacial score (nSPS) is 15.1. The predicted molar refractivity (Wildman–Crippen MR) is 213 cm³/mol. The largest absolute Gasteiger partial charge is 0.394 e. The molecule has 2 aliphatic heterocycles. The molecule has 2 N–H and O–H groups in total.